The van der Waals surface area contributed by atoms with E-state index in [0.717, 1.165) is 5.84 Å². The molecule has 0 rings (SSSR count). The molecule has 0 radical (unpaired) electrons. The Balaban J connectivity index is 3.63. The molecule has 0 saturated heterocycles. The average Bonchev–Trinajstić information content (AvgIpc) is 1.84. The molecule has 0 aromatic heterocycles. The van der Waals surface area contributed by atoms with Crippen LogP contribution in [-0.2, 0) is 0 Å². The number of aliphatic hydroxyl groups is 1. The molecule has 0 aromatic carbocycles. The topological polar surface area (TPSA) is 35.8 Å². The molecule has 0 aliphatic rings. The second kappa shape index (κ2) is 3.43. The van der Waals surface area contributed by atoms with Crippen LogP contribution in [-0.4, -0.2) is 36.7 Å². The van der Waals surface area contributed by atoms with Crippen molar-refractivity contribution >= 4 is 5.84 Å². The molecule has 48 valence electrons. The normalized spacial score (nSPS) is 11.8. The van der Waals surface area contributed by atoms with Gasteiger partial charge in [-0.25, -0.2) is 0 Å². The van der Waals surface area contributed by atoms with Gasteiger partial charge in [0.15, 0.2) is 0 Å². The highest BCUT2D eigenvalue weighted by molar-refractivity contribution is 5.78. The summed E-state index contributed by atoms with van der Waals surface area (Å²) in [7, 11) is 3.48. The highest BCUT2D eigenvalue weighted by atomic mass is 16.3. The van der Waals surface area contributed by atoms with Gasteiger partial charge in [0.05, 0.1) is 5.84 Å². The van der Waals surface area contributed by atoms with Gasteiger partial charge < -0.3 is 10.0 Å². The molecule has 0 amide bonds. The third-order valence-corrected chi connectivity index (χ3v) is 1.09. The molecular formula is C5H12N2O. The van der Waals surface area contributed by atoms with Crippen LogP contribution in [0.15, 0.2) is 4.99 Å². The van der Waals surface area contributed by atoms with E-state index in [-0.39, 0.29) is 6.73 Å². The number of nitrogens with zero attached hydrogens (tertiary/aromatic N) is 2. The van der Waals surface area contributed by atoms with Gasteiger partial charge in [0, 0.05) is 14.1 Å². The van der Waals surface area contributed by atoms with Crippen LogP contribution >= 0.6 is 0 Å². The van der Waals surface area contributed by atoms with Crippen molar-refractivity contribution < 1.29 is 5.11 Å². The first-order chi connectivity index (χ1) is 3.72. The van der Waals surface area contributed by atoms with Gasteiger partial charge in [-0.3, -0.25) is 4.99 Å². The summed E-state index contributed by atoms with van der Waals surface area (Å²) >= 11 is 0. The number of aliphatic imine (C=N–C) groups is 1. The van der Waals surface area contributed by atoms with E-state index in [1.165, 1.54) is 0 Å². The molecule has 0 aliphatic carbocycles. The Kier molecular flexibility index (Phi) is 3.19. The van der Waals surface area contributed by atoms with E-state index in [4.69, 9.17) is 5.11 Å². The van der Waals surface area contributed by atoms with Crippen LogP contribution in [0, 0.1) is 0 Å². The molecule has 0 bridgehead atoms. The van der Waals surface area contributed by atoms with Crippen LogP contribution in [0.3, 0.4) is 0 Å². The average molecular weight is 116 g/mol. The maximum absolute atomic E-state index is 8.48. The van der Waals surface area contributed by atoms with Gasteiger partial charge in [0.2, 0.25) is 0 Å². The molecule has 0 heterocycles. The number of hydrogen-bond donors (Lipinski definition) is 1. The van der Waals surface area contributed by atoms with Crippen molar-refractivity contribution in [1.82, 2.24) is 4.90 Å². The first-order valence-electron chi connectivity index (χ1n) is 2.47. The van der Waals surface area contributed by atoms with Crippen molar-refractivity contribution in [3.8, 4) is 0 Å². The highest BCUT2D eigenvalue weighted by Gasteiger charge is 1.92. The molecule has 1 N–H and O–H groups in total. The van der Waals surface area contributed by atoms with Crippen LogP contribution in [0.25, 0.3) is 0 Å². The zero-order valence-corrected chi connectivity index (χ0v) is 5.55. The first kappa shape index (κ1) is 7.43. The Morgan fingerprint density at radius 2 is 2.25 bits per heavy atom. The summed E-state index contributed by atoms with van der Waals surface area (Å²) in [6.45, 7) is 1.87. The van der Waals surface area contributed by atoms with Crippen molar-refractivity contribution in [2.45, 2.75) is 6.92 Å². The molecular weight excluding hydrogens is 104 g/mol. The minimum atomic E-state index is 0.0309. The Labute approximate surface area is 49.6 Å². The van der Waals surface area contributed by atoms with Gasteiger partial charge >= 0.3 is 0 Å². The fourth-order valence-electron chi connectivity index (χ4n) is 0.273. The largest absolute Gasteiger partial charge is 0.376 e. The lowest BCUT2D eigenvalue weighted by Gasteiger charge is -2.13. The molecule has 0 aromatic rings. The third-order valence-electron chi connectivity index (χ3n) is 1.09. The van der Waals surface area contributed by atoms with E-state index in [9.17, 15) is 0 Å². The minimum absolute atomic E-state index is 0.0309. The molecule has 3 heteroatoms. The Morgan fingerprint density at radius 3 is 2.38 bits per heavy atom. The molecule has 0 fully saturated rings. The van der Waals surface area contributed by atoms with Crippen molar-refractivity contribution in [3.05, 3.63) is 0 Å². The number of aliphatic hydroxyl groups excluding tert-OH is 1. The Morgan fingerprint density at radius 1 is 1.75 bits per heavy atom. The number of amidine groups is 1. The van der Waals surface area contributed by atoms with Crippen LogP contribution < -0.4 is 0 Å². The summed E-state index contributed by atoms with van der Waals surface area (Å²) in [5.74, 6) is 0.840. The van der Waals surface area contributed by atoms with E-state index < -0.39 is 0 Å². The third kappa shape index (κ3) is 1.93. The van der Waals surface area contributed by atoms with Crippen LogP contribution in [0.5, 0.6) is 0 Å². The Bertz CT molecular complexity index is 90.4. The van der Waals surface area contributed by atoms with Crippen molar-refractivity contribution in [1.29, 1.82) is 0 Å². The summed E-state index contributed by atoms with van der Waals surface area (Å²) in [6, 6.07) is 0. The minimum Gasteiger partial charge on any atom is -0.376 e. The van der Waals surface area contributed by atoms with Gasteiger partial charge in [-0.15, -0.1) is 0 Å². The lowest BCUT2D eigenvalue weighted by atomic mass is 10.6. The van der Waals surface area contributed by atoms with Gasteiger partial charge in [-0.1, -0.05) is 0 Å². The monoisotopic (exact) mass is 116 g/mol. The SMILES string of the molecule is CN=C(C)N(C)CO. The number of hydrogen-bond acceptors (Lipinski definition) is 2. The van der Waals surface area contributed by atoms with E-state index in [2.05, 4.69) is 4.99 Å². The van der Waals surface area contributed by atoms with Crippen molar-refractivity contribution in [3.63, 3.8) is 0 Å². The Hall–Kier alpha value is -0.570. The second-order valence-corrected chi connectivity index (χ2v) is 1.61. The van der Waals surface area contributed by atoms with Gasteiger partial charge in [0.25, 0.3) is 0 Å². The number of rotatable bonds is 1. The van der Waals surface area contributed by atoms with Gasteiger partial charge in [0.1, 0.15) is 6.73 Å². The molecule has 0 unspecified atom stereocenters. The molecule has 0 saturated carbocycles. The summed E-state index contributed by atoms with van der Waals surface area (Å²) in [5.41, 5.74) is 0. The molecule has 0 atom stereocenters. The first-order valence-corrected chi connectivity index (χ1v) is 2.47. The van der Waals surface area contributed by atoms with E-state index >= 15 is 0 Å². The van der Waals surface area contributed by atoms with Crippen LogP contribution in [0.4, 0.5) is 0 Å². The predicted molar refractivity (Wildman–Crippen MR) is 33.9 cm³/mol. The second-order valence-electron chi connectivity index (χ2n) is 1.61. The smallest absolute Gasteiger partial charge is 0.116 e. The summed E-state index contributed by atoms with van der Waals surface area (Å²) in [4.78, 5) is 5.49. The highest BCUT2D eigenvalue weighted by Crippen LogP contribution is 1.81. The fourth-order valence-corrected chi connectivity index (χ4v) is 0.273. The molecule has 0 spiro atoms. The zero-order chi connectivity index (χ0) is 6.57. The van der Waals surface area contributed by atoms with Crippen LogP contribution in [0.2, 0.25) is 0 Å². The van der Waals surface area contributed by atoms with Crippen LogP contribution in [0.1, 0.15) is 6.92 Å². The predicted octanol–water partition coefficient (Wildman–Crippen LogP) is -0.0838. The summed E-state index contributed by atoms with van der Waals surface area (Å²) < 4.78 is 0. The lowest BCUT2D eigenvalue weighted by Crippen LogP contribution is -2.24. The fraction of sp³-hybridized carbons (Fsp3) is 0.800. The lowest BCUT2D eigenvalue weighted by molar-refractivity contribution is 0.191. The summed E-state index contributed by atoms with van der Waals surface area (Å²) in [5, 5.41) is 8.48. The molecule has 3 nitrogen and oxygen atoms in total. The summed E-state index contributed by atoms with van der Waals surface area (Å²) in [6.07, 6.45) is 0. The van der Waals surface area contributed by atoms with E-state index in [1.807, 2.05) is 6.92 Å². The van der Waals surface area contributed by atoms with Crippen molar-refractivity contribution in [2.24, 2.45) is 4.99 Å². The van der Waals surface area contributed by atoms with Gasteiger partial charge in [-0.2, -0.15) is 0 Å². The molecule has 8 heavy (non-hydrogen) atoms. The van der Waals surface area contributed by atoms with Gasteiger partial charge in [-0.05, 0) is 6.92 Å². The standard InChI is InChI=1S/C5H12N2O/c1-5(6-2)7(3)4-8/h8H,4H2,1-3H3. The maximum atomic E-state index is 8.48. The maximum Gasteiger partial charge on any atom is 0.116 e. The molecule has 0 aliphatic heterocycles. The van der Waals surface area contributed by atoms with E-state index in [0.29, 0.717) is 0 Å². The van der Waals surface area contributed by atoms with Crippen molar-refractivity contribution in [2.75, 3.05) is 20.8 Å². The quantitative estimate of drug-likeness (QED) is 0.295. The van der Waals surface area contributed by atoms with E-state index in [1.54, 1.807) is 19.0 Å². The zero-order valence-electron chi connectivity index (χ0n) is 5.55.